The Morgan fingerprint density at radius 2 is 1.74 bits per heavy atom. The number of ether oxygens (including phenoxy) is 1. The molecule has 0 fully saturated rings. The maximum atomic E-state index is 12.3. The van der Waals surface area contributed by atoms with Crippen molar-refractivity contribution in [3.63, 3.8) is 0 Å². The molecule has 0 amide bonds. The third-order valence-electron chi connectivity index (χ3n) is 6.46. The van der Waals surface area contributed by atoms with E-state index < -0.39 is 31.1 Å². The van der Waals surface area contributed by atoms with Gasteiger partial charge in [0.2, 0.25) is 17.3 Å². The van der Waals surface area contributed by atoms with Crippen LogP contribution in [0.1, 0.15) is 19.2 Å². The number of rotatable bonds is 7. The predicted octanol–water partition coefficient (Wildman–Crippen LogP) is 2.52. The molecule has 3 aromatic heterocycles. The molecule has 4 heterocycles. The molecule has 1 aliphatic heterocycles. The molecule has 43 heavy (non-hydrogen) atoms. The molecule has 1 aliphatic rings. The van der Waals surface area contributed by atoms with Gasteiger partial charge in [0.1, 0.15) is 10.1 Å². The zero-order valence-electron chi connectivity index (χ0n) is 22.7. The van der Waals surface area contributed by atoms with Crippen LogP contribution < -0.4 is 43.8 Å². The van der Waals surface area contributed by atoms with E-state index in [0.717, 1.165) is 25.1 Å². The number of fused-ring (bicyclic) bond motifs is 4. The third kappa shape index (κ3) is 6.18. The Morgan fingerprint density at radius 3 is 2.37 bits per heavy atom. The molecule has 15 heteroatoms. The van der Waals surface area contributed by atoms with Crippen molar-refractivity contribution in [2.24, 2.45) is 0 Å². The Labute approximate surface area is 276 Å². The van der Waals surface area contributed by atoms with Gasteiger partial charge in [-0.15, -0.1) is 27.2 Å². The Morgan fingerprint density at radius 1 is 1.07 bits per heavy atom. The van der Waals surface area contributed by atoms with E-state index in [-0.39, 0.29) is 41.3 Å². The Bertz CT molecular complexity index is 2300. The number of benzene rings is 2. The average molecular weight is 663 g/mol. The van der Waals surface area contributed by atoms with E-state index in [1.54, 1.807) is 24.3 Å². The fourth-order valence-corrected chi connectivity index (χ4v) is 7.44. The van der Waals surface area contributed by atoms with Crippen molar-refractivity contribution in [2.45, 2.75) is 19.2 Å². The molecule has 0 aliphatic carbocycles. The second-order valence-electron chi connectivity index (χ2n) is 9.17. The number of thiophene rings is 2. The van der Waals surface area contributed by atoms with Crippen LogP contribution in [0.25, 0.3) is 37.3 Å². The van der Waals surface area contributed by atoms with E-state index >= 15 is 0 Å². The number of nitrogens with zero attached hydrogens (tertiary/aromatic N) is 2. The Kier molecular flexibility index (Phi) is 8.67. The first-order chi connectivity index (χ1) is 19.9. The first-order valence-electron chi connectivity index (χ1n) is 12.2. The van der Waals surface area contributed by atoms with Crippen LogP contribution in [0.5, 0.6) is 5.75 Å². The van der Waals surface area contributed by atoms with Crippen LogP contribution in [0.2, 0.25) is 0 Å². The van der Waals surface area contributed by atoms with Gasteiger partial charge in [0.25, 0.3) is 5.52 Å². The number of hydrogen-bond donors (Lipinski definition) is 0. The summed E-state index contributed by atoms with van der Waals surface area (Å²) in [5.41, 5.74) is 6.16. The molecular formula is C28H19N2NaO8S4. The standard InChI is InChI=1S/C28H20N2O8S4.Na/c1-3-5-28(42(34,35)36)30-21-15-25-19(7-9-40-25)13-23(21)38-27(30)11-17(4-2)10-26-29(16-41(31,32)33)20-14-24-18(6-8-39-24)12-22(20)37-26;/h6-15H,1,4,16H2,2H3,(H-,31,32,33,34,35,36);/q;+1/p-1. The van der Waals surface area contributed by atoms with Gasteiger partial charge in [-0.25, -0.2) is 16.8 Å². The van der Waals surface area contributed by atoms with E-state index in [0.29, 0.717) is 34.5 Å². The van der Waals surface area contributed by atoms with Crippen molar-refractivity contribution >= 4 is 85.9 Å². The largest absolute Gasteiger partial charge is 1.00 e. The summed E-state index contributed by atoms with van der Waals surface area (Å²) in [6, 6.07) is 10.7. The smallest absolute Gasteiger partial charge is 0.743 e. The number of aromatic nitrogens is 1. The first kappa shape index (κ1) is 31.5. The molecule has 0 bridgehead atoms. The van der Waals surface area contributed by atoms with Gasteiger partial charge in [-0.3, -0.25) is 4.90 Å². The molecule has 5 aromatic rings. The molecule has 0 spiro atoms. The van der Waals surface area contributed by atoms with E-state index in [4.69, 9.17) is 9.15 Å². The molecule has 0 saturated carbocycles. The van der Waals surface area contributed by atoms with Crippen molar-refractivity contribution in [3.05, 3.63) is 93.7 Å². The number of allylic oxidation sites excluding steroid dienone is 2. The molecule has 0 radical (unpaired) electrons. The molecular weight excluding hydrogens is 644 g/mol. The van der Waals surface area contributed by atoms with Gasteiger partial charge in [-0.1, -0.05) is 12.7 Å². The number of oxazole rings is 1. The minimum absolute atomic E-state index is 0. The van der Waals surface area contributed by atoms with Gasteiger partial charge in [0, 0.05) is 21.5 Å². The molecule has 0 unspecified atom stereocenters. The minimum atomic E-state index is -5.07. The van der Waals surface area contributed by atoms with E-state index in [1.165, 1.54) is 39.4 Å². The Balaban J connectivity index is 0.00000368. The van der Waals surface area contributed by atoms with Crippen molar-refractivity contribution in [2.75, 3.05) is 4.90 Å². The van der Waals surface area contributed by atoms with Gasteiger partial charge in [-0.2, -0.15) is 0 Å². The van der Waals surface area contributed by atoms with Gasteiger partial charge in [0.05, 0.1) is 11.8 Å². The van der Waals surface area contributed by atoms with Gasteiger partial charge < -0.3 is 18.3 Å². The maximum Gasteiger partial charge on any atom is 1.00 e. The molecule has 0 N–H and O–H groups in total. The summed E-state index contributed by atoms with van der Waals surface area (Å²) in [6.45, 7) is 5.18. The van der Waals surface area contributed by atoms with Crippen LogP contribution >= 0.6 is 22.7 Å². The summed E-state index contributed by atoms with van der Waals surface area (Å²) in [7, 11) is -9.77. The molecule has 214 valence electrons. The zero-order chi connectivity index (χ0) is 29.8. The van der Waals surface area contributed by atoms with Crippen LogP contribution in [0.15, 0.2) is 92.2 Å². The number of hydrogen-bond acceptors (Lipinski definition) is 11. The SMILES string of the molecule is C=C=C=C(N1C(=CC(=Cc2oc3cc4ccsc4cc3[n+]2CS(=O)(=O)[O-])CC)Oc2cc3ccsc3cc21)S(=O)(=O)[O-].[Na+]. The fraction of sp³-hybridized carbons (Fsp3) is 0.107. The Hall–Kier alpha value is -2.97. The molecule has 6 rings (SSSR count). The summed E-state index contributed by atoms with van der Waals surface area (Å²) in [4.78, 5) is 1.13. The summed E-state index contributed by atoms with van der Waals surface area (Å²) < 4.78 is 87.5. The average Bonchev–Trinajstić information content (AvgIpc) is 3.69. The van der Waals surface area contributed by atoms with Crippen molar-refractivity contribution in [3.8, 4) is 5.75 Å². The van der Waals surface area contributed by atoms with Crippen LogP contribution in [0.4, 0.5) is 5.69 Å². The third-order valence-corrected chi connectivity index (χ3v) is 9.56. The topological polar surface area (TPSA) is 144 Å². The van der Waals surface area contributed by atoms with Gasteiger partial charge in [-0.05, 0) is 76.2 Å². The number of anilines is 1. The van der Waals surface area contributed by atoms with Crippen molar-refractivity contribution in [1.82, 2.24) is 0 Å². The van der Waals surface area contributed by atoms with E-state index in [1.807, 2.05) is 29.8 Å². The maximum absolute atomic E-state index is 12.3. The summed E-state index contributed by atoms with van der Waals surface area (Å²) >= 11 is 2.89. The second-order valence-corrected chi connectivity index (χ2v) is 13.7. The van der Waals surface area contributed by atoms with Gasteiger partial charge in [0.15, 0.2) is 20.9 Å². The van der Waals surface area contributed by atoms with Crippen molar-refractivity contribution in [1.29, 1.82) is 0 Å². The second kappa shape index (κ2) is 11.8. The summed E-state index contributed by atoms with van der Waals surface area (Å²) in [5.74, 6) is -0.498. The van der Waals surface area contributed by atoms with Gasteiger partial charge >= 0.3 is 35.4 Å². The van der Waals surface area contributed by atoms with Crippen LogP contribution in [0, 0.1) is 0 Å². The van der Waals surface area contributed by atoms with E-state index in [2.05, 4.69) is 18.0 Å². The summed E-state index contributed by atoms with van der Waals surface area (Å²) in [5, 5.41) is 4.76. The normalized spacial score (nSPS) is 14.5. The molecule has 0 atom stereocenters. The van der Waals surface area contributed by atoms with Crippen LogP contribution in [-0.2, 0) is 26.1 Å². The monoisotopic (exact) mass is 662 g/mol. The summed E-state index contributed by atoms with van der Waals surface area (Å²) in [6.07, 6.45) is 3.39. The van der Waals surface area contributed by atoms with Crippen molar-refractivity contribution < 1.29 is 69.2 Å². The zero-order valence-corrected chi connectivity index (χ0v) is 28.0. The quantitative estimate of drug-likeness (QED) is 0.111. The van der Waals surface area contributed by atoms with Crippen LogP contribution in [0.3, 0.4) is 0 Å². The van der Waals surface area contributed by atoms with E-state index in [9.17, 15) is 25.9 Å². The first-order valence-corrected chi connectivity index (χ1v) is 17.0. The molecule has 2 aromatic carbocycles. The van der Waals surface area contributed by atoms with Crippen LogP contribution in [-0.4, -0.2) is 25.9 Å². The minimum Gasteiger partial charge on any atom is -0.743 e. The molecule has 10 nitrogen and oxygen atoms in total. The molecule has 0 saturated heterocycles. The predicted molar refractivity (Wildman–Crippen MR) is 159 cm³/mol. The fourth-order valence-electron chi connectivity index (χ4n) is 4.64.